The molecule has 0 fully saturated rings. The average Bonchev–Trinajstić information content (AvgIpc) is 2.65. The lowest BCUT2D eigenvalue weighted by Crippen LogP contribution is -2.21. The Morgan fingerprint density at radius 3 is 2.70 bits per heavy atom. The smallest absolute Gasteiger partial charge is 0.336 e. The number of hydrogen-bond acceptors (Lipinski definition) is 5. The van der Waals surface area contributed by atoms with Crippen molar-refractivity contribution in [1.29, 1.82) is 0 Å². The third-order valence-corrected chi connectivity index (χ3v) is 4.26. The van der Waals surface area contributed by atoms with Crippen LogP contribution in [0.4, 0.5) is 0 Å². The number of nitrogens with zero attached hydrogens (tertiary/aromatic N) is 1. The number of methoxy groups -OCH3 is 1. The van der Waals surface area contributed by atoms with Crippen LogP contribution in [0.1, 0.15) is 22.3 Å². The van der Waals surface area contributed by atoms with E-state index in [1.165, 1.54) is 12.3 Å². The zero-order valence-electron chi connectivity index (χ0n) is 15.4. The summed E-state index contributed by atoms with van der Waals surface area (Å²) in [7, 11) is 1.57. The number of amides is 1. The van der Waals surface area contributed by atoms with E-state index in [4.69, 9.17) is 9.15 Å². The standard InChI is InChI=1S/C21H20N2O4/c1-13-8-9-14(2)21-20(13)16(11-19(25)27-21)10-18(24)23-22-12-15-6-4-5-7-17(15)26-3/h4-9,11-12H,10H2,1-3H3,(H,23,24)/b22-12+. The molecule has 0 aliphatic rings. The summed E-state index contributed by atoms with van der Waals surface area (Å²) >= 11 is 0. The molecule has 1 amide bonds. The number of para-hydroxylation sites is 1. The minimum atomic E-state index is -0.475. The summed E-state index contributed by atoms with van der Waals surface area (Å²) in [5.74, 6) is 0.335. The van der Waals surface area contributed by atoms with Gasteiger partial charge in [0.05, 0.1) is 19.7 Å². The fourth-order valence-corrected chi connectivity index (χ4v) is 2.96. The molecule has 0 saturated heterocycles. The maximum Gasteiger partial charge on any atom is 0.336 e. The minimum absolute atomic E-state index is 0.0235. The van der Waals surface area contributed by atoms with Crippen LogP contribution >= 0.6 is 0 Å². The Balaban J connectivity index is 1.81. The van der Waals surface area contributed by atoms with Gasteiger partial charge in [0, 0.05) is 17.0 Å². The normalized spacial score (nSPS) is 11.1. The number of rotatable bonds is 5. The highest BCUT2D eigenvalue weighted by atomic mass is 16.5. The van der Waals surface area contributed by atoms with Gasteiger partial charge in [0.15, 0.2) is 0 Å². The van der Waals surface area contributed by atoms with Crippen molar-refractivity contribution >= 4 is 23.1 Å². The lowest BCUT2D eigenvalue weighted by molar-refractivity contribution is -0.120. The molecule has 1 N–H and O–H groups in total. The summed E-state index contributed by atoms with van der Waals surface area (Å²) in [6.07, 6.45) is 1.54. The molecular weight excluding hydrogens is 344 g/mol. The van der Waals surface area contributed by atoms with Gasteiger partial charge in [0.2, 0.25) is 5.91 Å². The molecule has 3 aromatic rings. The number of benzene rings is 2. The Bertz CT molecular complexity index is 1080. The minimum Gasteiger partial charge on any atom is -0.496 e. The molecule has 0 aliphatic carbocycles. The Hall–Kier alpha value is -3.41. The van der Waals surface area contributed by atoms with Crippen LogP contribution in [0.5, 0.6) is 5.75 Å². The maximum absolute atomic E-state index is 12.3. The molecule has 6 nitrogen and oxygen atoms in total. The molecule has 0 radical (unpaired) electrons. The number of fused-ring (bicyclic) bond motifs is 1. The van der Waals surface area contributed by atoms with Gasteiger partial charge < -0.3 is 9.15 Å². The number of carbonyl (C=O) groups excluding carboxylic acids is 1. The van der Waals surface area contributed by atoms with Crippen LogP contribution in [0.3, 0.4) is 0 Å². The van der Waals surface area contributed by atoms with Gasteiger partial charge in [-0.05, 0) is 42.7 Å². The highest BCUT2D eigenvalue weighted by Crippen LogP contribution is 2.24. The Morgan fingerprint density at radius 1 is 1.19 bits per heavy atom. The average molecular weight is 364 g/mol. The van der Waals surface area contributed by atoms with Crippen LogP contribution in [0.25, 0.3) is 11.0 Å². The van der Waals surface area contributed by atoms with Crippen LogP contribution in [0, 0.1) is 13.8 Å². The predicted octanol–water partition coefficient (Wildman–Crippen LogP) is 3.11. The molecule has 3 rings (SSSR count). The molecule has 0 saturated carbocycles. The quantitative estimate of drug-likeness (QED) is 0.428. The first-order chi connectivity index (χ1) is 13.0. The van der Waals surface area contributed by atoms with Crippen molar-refractivity contribution in [3.8, 4) is 5.75 Å². The van der Waals surface area contributed by atoms with Crippen LogP contribution in [0.15, 0.2) is 56.8 Å². The first kappa shape index (κ1) is 18.4. The maximum atomic E-state index is 12.3. The molecule has 1 aromatic heterocycles. The first-order valence-corrected chi connectivity index (χ1v) is 8.47. The Kier molecular flexibility index (Phi) is 5.35. The molecule has 0 aliphatic heterocycles. The number of hydrazone groups is 1. The second-order valence-electron chi connectivity index (χ2n) is 6.21. The van der Waals surface area contributed by atoms with E-state index in [1.54, 1.807) is 7.11 Å². The fraction of sp³-hybridized carbons (Fsp3) is 0.190. The van der Waals surface area contributed by atoms with Crippen molar-refractivity contribution in [2.75, 3.05) is 7.11 Å². The molecule has 6 heteroatoms. The van der Waals surface area contributed by atoms with Gasteiger partial charge in [-0.1, -0.05) is 24.3 Å². The van der Waals surface area contributed by atoms with Crippen LogP contribution in [0.2, 0.25) is 0 Å². The van der Waals surface area contributed by atoms with Gasteiger partial charge in [0.1, 0.15) is 11.3 Å². The van der Waals surface area contributed by atoms with E-state index in [0.717, 1.165) is 22.1 Å². The molecule has 1 heterocycles. The van der Waals surface area contributed by atoms with E-state index < -0.39 is 5.63 Å². The second kappa shape index (κ2) is 7.86. The van der Waals surface area contributed by atoms with Crippen molar-refractivity contribution in [3.63, 3.8) is 0 Å². The Labute approximate surface area is 156 Å². The summed E-state index contributed by atoms with van der Waals surface area (Å²) in [5, 5.41) is 4.77. The highest BCUT2D eigenvalue weighted by Gasteiger charge is 2.13. The third kappa shape index (κ3) is 4.06. The zero-order valence-corrected chi connectivity index (χ0v) is 15.4. The second-order valence-corrected chi connectivity index (χ2v) is 6.21. The van der Waals surface area contributed by atoms with Gasteiger partial charge in [0.25, 0.3) is 0 Å². The third-order valence-electron chi connectivity index (χ3n) is 4.26. The van der Waals surface area contributed by atoms with Gasteiger partial charge in [-0.2, -0.15) is 5.10 Å². The molecule has 138 valence electrons. The topological polar surface area (TPSA) is 80.9 Å². The zero-order chi connectivity index (χ0) is 19.4. The summed E-state index contributed by atoms with van der Waals surface area (Å²) in [5.41, 5.74) is 5.69. The van der Waals surface area contributed by atoms with Crippen molar-refractivity contribution in [3.05, 3.63) is 75.1 Å². The van der Waals surface area contributed by atoms with Crippen molar-refractivity contribution in [1.82, 2.24) is 5.43 Å². The molecular formula is C21H20N2O4. The fourth-order valence-electron chi connectivity index (χ4n) is 2.96. The van der Waals surface area contributed by atoms with Crippen LogP contribution in [-0.2, 0) is 11.2 Å². The summed E-state index contributed by atoms with van der Waals surface area (Å²) in [4.78, 5) is 24.2. The highest BCUT2D eigenvalue weighted by molar-refractivity contribution is 5.91. The molecule has 27 heavy (non-hydrogen) atoms. The van der Waals surface area contributed by atoms with Gasteiger partial charge in [-0.25, -0.2) is 10.2 Å². The van der Waals surface area contributed by atoms with E-state index in [-0.39, 0.29) is 12.3 Å². The van der Waals surface area contributed by atoms with Gasteiger partial charge in [-0.15, -0.1) is 0 Å². The number of aryl methyl sites for hydroxylation is 2. The lowest BCUT2D eigenvalue weighted by atomic mass is 10.00. The Morgan fingerprint density at radius 2 is 1.93 bits per heavy atom. The van der Waals surface area contributed by atoms with Crippen LogP contribution in [-0.4, -0.2) is 19.2 Å². The molecule has 0 unspecified atom stereocenters. The number of ether oxygens (including phenoxy) is 1. The molecule has 0 atom stereocenters. The van der Waals surface area contributed by atoms with Crippen LogP contribution < -0.4 is 15.8 Å². The van der Waals surface area contributed by atoms with E-state index in [2.05, 4.69) is 10.5 Å². The SMILES string of the molecule is COc1ccccc1/C=N/NC(=O)Cc1cc(=O)oc2c(C)ccc(C)c12. The number of hydrogen-bond donors (Lipinski definition) is 1. The lowest BCUT2D eigenvalue weighted by Gasteiger charge is -2.09. The first-order valence-electron chi connectivity index (χ1n) is 8.47. The number of nitrogens with one attached hydrogen (secondary N) is 1. The van der Waals surface area contributed by atoms with Crippen molar-refractivity contribution in [2.24, 2.45) is 5.10 Å². The number of carbonyl (C=O) groups is 1. The van der Waals surface area contributed by atoms with Crippen molar-refractivity contribution < 1.29 is 13.9 Å². The largest absolute Gasteiger partial charge is 0.496 e. The van der Waals surface area contributed by atoms with Gasteiger partial charge in [-0.3, -0.25) is 4.79 Å². The summed E-state index contributed by atoms with van der Waals surface area (Å²) in [6.45, 7) is 3.79. The van der Waals surface area contributed by atoms with Gasteiger partial charge >= 0.3 is 5.63 Å². The van der Waals surface area contributed by atoms with E-state index >= 15 is 0 Å². The predicted molar refractivity (Wildman–Crippen MR) is 104 cm³/mol. The summed E-state index contributed by atoms with van der Waals surface area (Å²) < 4.78 is 10.6. The van der Waals surface area contributed by atoms with E-state index in [9.17, 15) is 9.59 Å². The van der Waals surface area contributed by atoms with E-state index in [0.29, 0.717) is 16.9 Å². The molecule has 0 bridgehead atoms. The van der Waals surface area contributed by atoms with E-state index in [1.807, 2.05) is 50.2 Å². The summed E-state index contributed by atoms with van der Waals surface area (Å²) in [6, 6.07) is 12.5. The van der Waals surface area contributed by atoms with Crippen molar-refractivity contribution in [2.45, 2.75) is 20.3 Å². The molecule has 2 aromatic carbocycles. The monoisotopic (exact) mass is 364 g/mol. The molecule has 0 spiro atoms.